The van der Waals surface area contributed by atoms with Crippen LogP contribution in [0.5, 0.6) is 0 Å². The zero-order chi connectivity index (χ0) is 40.4. The Labute approximate surface area is 352 Å². The van der Waals surface area contributed by atoms with Gasteiger partial charge in [-0.25, -0.2) is 0 Å². The van der Waals surface area contributed by atoms with E-state index >= 15 is 0 Å². The van der Waals surface area contributed by atoms with Gasteiger partial charge in [0.2, 0.25) is 0 Å². The molecule has 12 aromatic rings. The fourth-order valence-electron chi connectivity index (χ4n) is 10.3. The van der Waals surface area contributed by atoms with Crippen LogP contribution in [-0.2, 0) is 5.41 Å². The standard InChI is InChI=1S/C57H38N2O2/c1-57(2)49-20-10-6-16-40(49)46-31-37(26-28-50(46)57)58(38-25-27-44-42-18-8-12-22-53(42)60-55(44)34-38)39-32-45(56-48(33-39)43-19-9-13-23-54(43)61-56)35-24-29-52-47(30-35)41-17-7-11-21-51(41)59(52)36-14-4-3-5-15-36/h3-34H,1-2H3. The lowest BCUT2D eigenvalue weighted by molar-refractivity contribution is 0.660. The third kappa shape index (κ3) is 4.93. The second kappa shape index (κ2) is 12.6. The van der Waals surface area contributed by atoms with Gasteiger partial charge < -0.3 is 18.3 Å². The van der Waals surface area contributed by atoms with E-state index in [1.165, 1.54) is 38.5 Å². The molecule has 13 rings (SSSR count). The van der Waals surface area contributed by atoms with Crippen LogP contribution in [0.3, 0.4) is 0 Å². The molecule has 1 aliphatic carbocycles. The fourth-order valence-corrected chi connectivity index (χ4v) is 10.3. The van der Waals surface area contributed by atoms with E-state index in [1.54, 1.807) is 0 Å². The molecule has 0 spiro atoms. The Morgan fingerprint density at radius 3 is 1.87 bits per heavy atom. The molecule has 9 aromatic carbocycles. The van der Waals surface area contributed by atoms with Crippen molar-refractivity contribution in [2.45, 2.75) is 19.3 Å². The van der Waals surface area contributed by atoms with Gasteiger partial charge in [0.05, 0.1) is 11.0 Å². The van der Waals surface area contributed by atoms with Gasteiger partial charge in [0.15, 0.2) is 0 Å². The quantitative estimate of drug-likeness (QED) is 0.174. The molecule has 0 fully saturated rings. The van der Waals surface area contributed by atoms with Gasteiger partial charge in [0.1, 0.15) is 22.3 Å². The van der Waals surface area contributed by atoms with Crippen molar-refractivity contribution in [2.24, 2.45) is 0 Å². The normalized spacial score (nSPS) is 13.2. The monoisotopic (exact) mass is 782 g/mol. The molecule has 0 radical (unpaired) electrons. The molecular formula is C57H38N2O2. The van der Waals surface area contributed by atoms with Crippen LogP contribution in [0.15, 0.2) is 203 Å². The van der Waals surface area contributed by atoms with Gasteiger partial charge in [-0.05, 0) is 107 Å². The van der Waals surface area contributed by atoms with Gasteiger partial charge in [-0.15, -0.1) is 0 Å². The maximum absolute atomic E-state index is 6.83. The van der Waals surface area contributed by atoms with Gasteiger partial charge in [0.25, 0.3) is 0 Å². The zero-order valence-corrected chi connectivity index (χ0v) is 33.7. The lowest BCUT2D eigenvalue weighted by atomic mass is 9.82. The van der Waals surface area contributed by atoms with Gasteiger partial charge in [0, 0.05) is 72.1 Å². The highest BCUT2D eigenvalue weighted by Gasteiger charge is 2.35. The number of para-hydroxylation sites is 4. The molecule has 288 valence electrons. The highest BCUT2D eigenvalue weighted by atomic mass is 16.3. The van der Waals surface area contributed by atoms with Crippen LogP contribution in [0.2, 0.25) is 0 Å². The van der Waals surface area contributed by atoms with Crippen LogP contribution in [-0.4, -0.2) is 4.57 Å². The highest BCUT2D eigenvalue weighted by molar-refractivity contribution is 6.15. The molecule has 0 saturated heterocycles. The summed E-state index contributed by atoms with van der Waals surface area (Å²) in [6.07, 6.45) is 0. The minimum Gasteiger partial charge on any atom is -0.456 e. The van der Waals surface area contributed by atoms with E-state index in [4.69, 9.17) is 8.83 Å². The summed E-state index contributed by atoms with van der Waals surface area (Å²) in [5, 5.41) is 6.77. The summed E-state index contributed by atoms with van der Waals surface area (Å²) in [5.41, 5.74) is 17.3. The van der Waals surface area contributed by atoms with Gasteiger partial charge in [-0.1, -0.05) is 123 Å². The van der Waals surface area contributed by atoms with E-state index in [1.807, 2.05) is 12.1 Å². The molecule has 0 N–H and O–H groups in total. The van der Waals surface area contributed by atoms with E-state index in [-0.39, 0.29) is 5.41 Å². The molecule has 0 aliphatic heterocycles. The first kappa shape index (κ1) is 34.1. The lowest BCUT2D eigenvalue weighted by Gasteiger charge is -2.28. The second-order valence-electron chi connectivity index (χ2n) is 16.9. The van der Waals surface area contributed by atoms with Crippen LogP contribution >= 0.6 is 0 Å². The number of benzene rings is 9. The number of aromatic nitrogens is 1. The van der Waals surface area contributed by atoms with Crippen molar-refractivity contribution in [3.05, 3.63) is 205 Å². The Balaban J connectivity index is 1.08. The van der Waals surface area contributed by atoms with Crippen LogP contribution in [0.1, 0.15) is 25.0 Å². The third-order valence-electron chi connectivity index (χ3n) is 13.2. The van der Waals surface area contributed by atoms with Crippen molar-refractivity contribution in [1.29, 1.82) is 0 Å². The van der Waals surface area contributed by atoms with Crippen LogP contribution < -0.4 is 4.90 Å². The van der Waals surface area contributed by atoms with Gasteiger partial charge in [-0.2, -0.15) is 0 Å². The molecule has 3 aromatic heterocycles. The Morgan fingerprint density at radius 2 is 1.02 bits per heavy atom. The van der Waals surface area contributed by atoms with Crippen molar-refractivity contribution in [3.63, 3.8) is 0 Å². The molecule has 0 atom stereocenters. The van der Waals surface area contributed by atoms with Crippen molar-refractivity contribution in [3.8, 4) is 27.9 Å². The van der Waals surface area contributed by atoms with E-state index < -0.39 is 0 Å². The summed E-state index contributed by atoms with van der Waals surface area (Å²) in [5.74, 6) is 0. The molecular weight excluding hydrogens is 745 g/mol. The van der Waals surface area contributed by atoms with Crippen molar-refractivity contribution >= 4 is 82.7 Å². The molecule has 61 heavy (non-hydrogen) atoms. The largest absolute Gasteiger partial charge is 0.456 e. The minimum atomic E-state index is -0.105. The topological polar surface area (TPSA) is 34.5 Å². The van der Waals surface area contributed by atoms with Gasteiger partial charge >= 0.3 is 0 Å². The summed E-state index contributed by atoms with van der Waals surface area (Å²) >= 11 is 0. The smallest absolute Gasteiger partial charge is 0.143 e. The summed E-state index contributed by atoms with van der Waals surface area (Å²) in [6.45, 7) is 4.67. The first-order chi connectivity index (χ1) is 30.0. The number of anilines is 3. The first-order valence-corrected chi connectivity index (χ1v) is 21.0. The molecule has 4 heteroatoms. The lowest BCUT2D eigenvalue weighted by Crippen LogP contribution is -2.15. The number of hydrogen-bond donors (Lipinski definition) is 0. The number of furan rings is 2. The Kier molecular flexibility index (Phi) is 7.04. The summed E-state index contributed by atoms with van der Waals surface area (Å²) in [4.78, 5) is 2.39. The molecule has 0 unspecified atom stereocenters. The van der Waals surface area contributed by atoms with E-state index in [2.05, 4.69) is 205 Å². The average Bonchev–Trinajstić information content (AvgIpc) is 4.03. The predicted molar refractivity (Wildman–Crippen MR) is 253 cm³/mol. The van der Waals surface area contributed by atoms with E-state index in [9.17, 15) is 0 Å². The van der Waals surface area contributed by atoms with Crippen LogP contribution in [0, 0.1) is 0 Å². The van der Waals surface area contributed by atoms with Gasteiger partial charge in [-0.3, -0.25) is 0 Å². The highest BCUT2D eigenvalue weighted by Crippen LogP contribution is 2.52. The average molecular weight is 783 g/mol. The van der Waals surface area contributed by atoms with Crippen molar-refractivity contribution in [1.82, 2.24) is 4.57 Å². The molecule has 0 amide bonds. The van der Waals surface area contributed by atoms with Crippen molar-refractivity contribution in [2.75, 3.05) is 4.90 Å². The maximum Gasteiger partial charge on any atom is 0.143 e. The van der Waals surface area contributed by atoms with Crippen LogP contribution in [0.25, 0.3) is 93.6 Å². The zero-order valence-electron chi connectivity index (χ0n) is 33.7. The summed E-state index contributed by atoms with van der Waals surface area (Å²) in [6, 6.07) is 70.0. The van der Waals surface area contributed by atoms with E-state index in [0.717, 1.165) is 83.3 Å². The third-order valence-corrected chi connectivity index (χ3v) is 13.2. The maximum atomic E-state index is 6.83. The number of rotatable bonds is 5. The molecule has 0 saturated carbocycles. The fraction of sp³-hybridized carbons (Fsp3) is 0.0526. The first-order valence-electron chi connectivity index (χ1n) is 21.0. The second-order valence-corrected chi connectivity index (χ2v) is 16.9. The minimum absolute atomic E-state index is 0.105. The summed E-state index contributed by atoms with van der Waals surface area (Å²) in [7, 11) is 0. The Hall–Kier alpha value is -7.82. The number of fused-ring (bicyclic) bond motifs is 12. The van der Waals surface area contributed by atoms with Crippen molar-refractivity contribution < 1.29 is 8.83 Å². The Bertz CT molecular complexity index is 3750. The molecule has 3 heterocycles. The van der Waals surface area contributed by atoms with Crippen LogP contribution in [0.4, 0.5) is 17.1 Å². The summed E-state index contributed by atoms with van der Waals surface area (Å²) < 4.78 is 15.7. The van der Waals surface area contributed by atoms with E-state index in [0.29, 0.717) is 0 Å². The SMILES string of the molecule is CC1(C)c2ccccc2-c2cc(N(c3ccc4c(c3)oc3ccccc34)c3cc(-c4ccc5c(c4)c4ccccc4n5-c4ccccc4)c4oc5ccccc5c4c3)ccc21. The Morgan fingerprint density at radius 1 is 0.393 bits per heavy atom. The molecule has 4 nitrogen and oxygen atoms in total. The molecule has 0 bridgehead atoms. The molecule has 1 aliphatic rings. The predicted octanol–water partition coefficient (Wildman–Crippen LogP) is 16.0. The number of hydrogen-bond acceptors (Lipinski definition) is 3. The number of nitrogens with zero attached hydrogens (tertiary/aromatic N) is 2.